The molecule has 1 N–H and O–H groups in total. The van der Waals surface area contributed by atoms with Crippen LogP contribution in [0.5, 0.6) is 0 Å². The normalized spacial score (nSPS) is 17.8. The largest absolute Gasteiger partial charge is 0.624 e. The predicted molar refractivity (Wildman–Crippen MR) is 19.2 cm³/mol. The molecule has 1 heterocycles. The Morgan fingerprint density at radius 2 is 1.60 bits per heavy atom. The van der Waals surface area contributed by atoms with Gasteiger partial charge in [-0.2, -0.15) is 0 Å². The Hall–Kier alpha value is 0.530. The predicted octanol–water partition coefficient (Wildman–Crippen LogP) is -1.53. The van der Waals surface area contributed by atoms with Crippen LogP contribution in [0, 0.1) is 5.21 Å². The van der Waals surface area contributed by atoms with Crippen LogP contribution in [0.25, 0.3) is 0 Å². The quantitative estimate of drug-likeness (QED) is 0.441. The zero-order chi connectivity index (χ0) is 2.99. The van der Waals surface area contributed by atoms with Crippen LogP contribution in [0.15, 0.2) is 12.4 Å². The van der Waals surface area contributed by atoms with Crippen molar-refractivity contribution in [3.05, 3.63) is 17.6 Å². The number of rotatable bonds is 0. The summed E-state index contributed by atoms with van der Waals surface area (Å²) >= 11 is 0. The van der Waals surface area contributed by atoms with Gasteiger partial charge in [0.1, 0.15) is 0 Å². The number of hydrogen-bond acceptors (Lipinski definition) is 1. The van der Waals surface area contributed by atoms with Crippen molar-refractivity contribution in [2.24, 2.45) is 0 Å². The molecule has 0 saturated heterocycles. The summed E-state index contributed by atoms with van der Waals surface area (Å²) in [6, 6.07) is 0. The summed E-state index contributed by atoms with van der Waals surface area (Å²) in [7, 11) is 0. The molecule has 0 amide bonds. The molecule has 5 heavy (non-hydrogen) atoms. The summed E-state index contributed by atoms with van der Waals surface area (Å²) in [6.07, 6.45) is 3.06. The van der Waals surface area contributed by atoms with E-state index in [0.717, 1.165) is 0 Å². The van der Waals surface area contributed by atoms with Crippen molar-refractivity contribution in [3.8, 4) is 0 Å². The van der Waals surface area contributed by atoms with Crippen molar-refractivity contribution in [1.82, 2.24) is 0 Å². The van der Waals surface area contributed by atoms with E-state index in [9.17, 15) is 5.21 Å². The van der Waals surface area contributed by atoms with Crippen LogP contribution in [-0.2, 0) is 0 Å². The number of hydroxylamine groups is 2. The molecule has 1 rings (SSSR count). The van der Waals surface area contributed by atoms with Crippen LogP contribution < -0.4 is 5.06 Å². The molecular weight excluding hydrogens is 169 g/mol. The Kier molecular flexibility index (Phi) is 2.04. The molecule has 0 aromatic carbocycles. The van der Waals surface area contributed by atoms with Crippen molar-refractivity contribution in [3.63, 3.8) is 0 Å². The van der Waals surface area contributed by atoms with Crippen molar-refractivity contribution in [2.75, 3.05) is 0 Å². The van der Waals surface area contributed by atoms with Gasteiger partial charge < -0.3 is 10.3 Å². The van der Waals surface area contributed by atoms with Gasteiger partial charge in [0.15, 0.2) is 12.4 Å². The Labute approximate surface area is 48.8 Å². The van der Waals surface area contributed by atoms with Gasteiger partial charge in [0, 0.05) is 25.8 Å². The van der Waals surface area contributed by atoms with Gasteiger partial charge in [-0.05, 0) is 0 Å². The first-order chi connectivity index (χ1) is 1.89. The molecule has 1 aliphatic rings. The third-order valence-corrected chi connectivity index (χ3v) is 0.303. The molecular formula is C2H3InNO. The Balaban J connectivity index is 0.000000160. The van der Waals surface area contributed by atoms with Crippen molar-refractivity contribution in [1.29, 1.82) is 0 Å². The molecule has 3 radical (unpaired) electrons. The summed E-state index contributed by atoms with van der Waals surface area (Å²) in [5, 5.41) is 9.61. The van der Waals surface area contributed by atoms with E-state index in [0.29, 0.717) is 0 Å². The van der Waals surface area contributed by atoms with Gasteiger partial charge in [-0.3, -0.25) is 0 Å². The number of nitrogens with one attached hydrogen (secondary N) is 1. The summed E-state index contributed by atoms with van der Waals surface area (Å²) in [6.45, 7) is 0. The maximum Gasteiger partial charge on any atom is 0.153 e. The van der Waals surface area contributed by atoms with Crippen LogP contribution in [-0.4, -0.2) is 25.8 Å². The summed E-state index contributed by atoms with van der Waals surface area (Å²) in [5.74, 6) is 0. The van der Waals surface area contributed by atoms with E-state index in [2.05, 4.69) is 0 Å². The molecule has 0 bridgehead atoms. The van der Waals surface area contributed by atoms with Gasteiger partial charge in [0.05, 0.1) is 0 Å². The van der Waals surface area contributed by atoms with E-state index in [1.165, 1.54) is 12.4 Å². The Morgan fingerprint density at radius 3 is 1.60 bits per heavy atom. The van der Waals surface area contributed by atoms with Crippen LogP contribution in [0.2, 0.25) is 0 Å². The summed E-state index contributed by atoms with van der Waals surface area (Å²) in [5.41, 5.74) is 0. The molecule has 0 saturated carbocycles. The van der Waals surface area contributed by atoms with Crippen LogP contribution >= 0.6 is 0 Å². The third kappa shape index (κ3) is 2.33. The topological polar surface area (TPSA) is 27.5 Å². The van der Waals surface area contributed by atoms with Crippen molar-refractivity contribution >= 4 is 25.8 Å². The van der Waals surface area contributed by atoms with Gasteiger partial charge >= 0.3 is 0 Å². The van der Waals surface area contributed by atoms with Crippen LogP contribution in [0.4, 0.5) is 0 Å². The van der Waals surface area contributed by atoms with E-state index in [4.69, 9.17) is 0 Å². The molecule has 0 spiro atoms. The second-order valence-corrected chi connectivity index (χ2v) is 0.736. The standard InChI is InChI=1S/C2H3NO.In/c4-3-1-2-3;/h1-3H;. The number of quaternary nitrogens is 1. The van der Waals surface area contributed by atoms with E-state index in [1.807, 2.05) is 0 Å². The maximum absolute atomic E-state index is 9.44. The monoisotopic (exact) mass is 172 g/mol. The average molecular weight is 172 g/mol. The first kappa shape index (κ1) is 5.53. The molecule has 1 aliphatic heterocycles. The van der Waals surface area contributed by atoms with E-state index in [-0.39, 0.29) is 30.9 Å². The van der Waals surface area contributed by atoms with Gasteiger partial charge in [-0.25, -0.2) is 0 Å². The molecule has 0 fully saturated rings. The molecule has 0 aromatic rings. The SMILES string of the molecule is [In].[O-][NH+]1C=C1. The van der Waals surface area contributed by atoms with E-state index in [1.54, 1.807) is 0 Å². The minimum absolute atomic E-state index is 0. The first-order valence-electron chi connectivity index (χ1n) is 1.11. The Bertz CT molecular complexity index is 47.6. The number of hydrogen-bond donors (Lipinski definition) is 1. The molecule has 0 aromatic heterocycles. The molecule has 0 aliphatic carbocycles. The third-order valence-electron chi connectivity index (χ3n) is 0.303. The summed E-state index contributed by atoms with van der Waals surface area (Å²) < 4.78 is 0. The molecule has 2 nitrogen and oxygen atoms in total. The van der Waals surface area contributed by atoms with E-state index >= 15 is 0 Å². The van der Waals surface area contributed by atoms with Gasteiger partial charge in [-0.1, -0.05) is 0 Å². The van der Waals surface area contributed by atoms with Crippen LogP contribution in [0.3, 0.4) is 0 Å². The molecule has 0 atom stereocenters. The zero-order valence-electron chi connectivity index (χ0n) is 2.64. The van der Waals surface area contributed by atoms with Crippen LogP contribution in [0.1, 0.15) is 0 Å². The van der Waals surface area contributed by atoms with Gasteiger partial charge in [-0.15, -0.1) is 0 Å². The maximum atomic E-state index is 9.44. The fraction of sp³-hybridized carbons (Fsp3) is 0. The average Bonchev–Trinajstić information content (AvgIpc) is 1.75. The molecule has 25 valence electrons. The second-order valence-electron chi connectivity index (χ2n) is 0.736. The minimum atomic E-state index is 0. The van der Waals surface area contributed by atoms with Gasteiger partial charge in [0.25, 0.3) is 0 Å². The molecule has 3 heteroatoms. The smallest absolute Gasteiger partial charge is 0.153 e. The van der Waals surface area contributed by atoms with E-state index < -0.39 is 0 Å². The zero-order valence-corrected chi connectivity index (χ0v) is 5.94. The molecule has 0 unspecified atom stereocenters. The van der Waals surface area contributed by atoms with Crippen molar-refractivity contribution in [2.45, 2.75) is 0 Å². The second kappa shape index (κ2) is 1.85. The first-order valence-corrected chi connectivity index (χ1v) is 1.11. The minimum Gasteiger partial charge on any atom is -0.624 e. The summed E-state index contributed by atoms with van der Waals surface area (Å²) in [4.78, 5) is 0. The fourth-order valence-electron chi connectivity index (χ4n) is 0.0340. The fourth-order valence-corrected chi connectivity index (χ4v) is 0.0340. The van der Waals surface area contributed by atoms with Crippen molar-refractivity contribution < 1.29 is 5.06 Å². The van der Waals surface area contributed by atoms with Gasteiger partial charge in [0.2, 0.25) is 0 Å². The Morgan fingerprint density at radius 1 is 1.40 bits per heavy atom.